The number of benzene rings is 3. The van der Waals surface area contributed by atoms with E-state index in [9.17, 15) is 0 Å². The van der Waals surface area contributed by atoms with Gasteiger partial charge in [-0.05, 0) is 120 Å². The minimum absolute atomic E-state index is 0.884. The summed E-state index contributed by atoms with van der Waals surface area (Å²) in [6, 6.07) is 28.5. The summed E-state index contributed by atoms with van der Waals surface area (Å²) in [5.74, 6) is 0. The van der Waals surface area contributed by atoms with Crippen LogP contribution in [0.1, 0.15) is 38.9 Å². The first-order chi connectivity index (χ1) is 22.4. The van der Waals surface area contributed by atoms with Crippen LogP contribution in [0.2, 0.25) is 0 Å². The second-order valence-electron chi connectivity index (χ2n) is 11.0. The van der Waals surface area contributed by atoms with Gasteiger partial charge in [0.2, 0.25) is 0 Å². The Morgan fingerprint density at radius 1 is 0.681 bits per heavy atom. The van der Waals surface area contributed by atoms with Crippen LogP contribution < -0.4 is 9.80 Å². The van der Waals surface area contributed by atoms with E-state index in [1.165, 1.54) is 44.8 Å². The summed E-state index contributed by atoms with van der Waals surface area (Å²) < 4.78 is 3.83. The maximum atomic E-state index is 5.67. The second-order valence-corrected chi connectivity index (χ2v) is 18.5. The molecule has 0 saturated carbocycles. The van der Waals surface area contributed by atoms with Gasteiger partial charge >= 0.3 is 73.4 Å². The van der Waals surface area contributed by atoms with E-state index in [4.69, 9.17) is 19.4 Å². The van der Waals surface area contributed by atoms with Crippen molar-refractivity contribution in [3.8, 4) is 0 Å². The van der Waals surface area contributed by atoms with Crippen molar-refractivity contribution in [3.05, 3.63) is 158 Å². The summed E-state index contributed by atoms with van der Waals surface area (Å²) in [5, 5.41) is 0. The van der Waals surface area contributed by atoms with E-state index in [2.05, 4.69) is 124 Å². The van der Waals surface area contributed by atoms with Gasteiger partial charge in [0, 0.05) is 47.5 Å². The van der Waals surface area contributed by atoms with Crippen LogP contribution in [-0.2, 0) is 13.5 Å². The van der Waals surface area contributed by atoms with Gasteiger partial charge in [-0.25, -0.2) is 4.98 Å². The molecule has 2 aromatic heterocycles. The Labute approximate surface area is 310 Å². The summed E-state index contributed by atoms with van der Waals surface area (Å²) >= 11 is 4.83. The third-order valence-electron chi connectivity index (χ3n) is 6.95. The summed E-state index contributed by atoms with van der Waals surface area (Å²) in [6.45, 7) is 17.6. The standard InChI is InChI=1S/C21H27N2.C7H6.2C5H4BrN.2ClH.Ru/c1-14-9-16(3)20(17(4)10-14)22-7-8-23(13-22)21-18(5)11-15(2)12-19(21)6;1-7-5-3-2-4-6-7;6-5-2-1-3-7-4-5;6-5-3-1-2-4-7-5;;;/h9-13H,7-8H2,1-6H3;1-6H;2*1-4H;2*1H;/q-1;;;;;;+2/p-2. The Hall–Kier alpha value is -2.41. The fourth-order valence-electron chi connectivity index (χ4n) is 5.38. The van der Waals surface area contributed by atoms with Crippen LogP contribution >= 0.6 is 51.2 Å². The van der Waals surface area contributed by atoms with E-state index in [1.54, 1.807) is 18.6 Å². The molecule has 0 spiro atoms. The predicted molar refractivity (Wildman–Crippen MR) is 207 cm³/mol. The van der Waals surface area contributed by atoms with Crippen LogP contribution in [0.3, 0.4) is 0 Å². The van der Waals surface area contributed by atoms with E-state index in [0.29, 0.717) is 0 Å². The first kappa shape index (κ1) is 39.0. The van der Waals surface area contributed by atoms with Crippen LogP contribution in [0.4, 0.5) is 11.4 Å². The average Bonchev–Trinajstić information content (AvgIpc) is 3.47. The number of hydrogen-bond acceptors (Lipinski definition) is 4. The number of anilines is 2. The maximum absolute atomic E-state index is 5.67. The van der Waals surface area contributed by atoms with E-state index in [-0.39, 0.29) is 0 Å². The zero-order valence-corrected chi connectivity index (χ0v) is 34.0. The normalized spacial score (nSPS) is 12.1. The molecule has 3 aromatic carbocycles. The monoisotopic (exact) mass is 883 g/mol. The van der Waals surface area contributed by atoms with Crippen LogP contribution in [0, 0.1) is 48.2 Å². The van der Waals surface area contributed by atoms with Gasteiger partial charge in [0.1, 0.15) is 4.60 Å². The molecule has 0 atom stereocenters. The molecule has 0 unspecified atom stereocenters. The predicted octanol–water partition coefficient (Wildman–Crippen LogP) is 11.4. The fourth-order valence-corrected chi connectivity index (χ4v) is 7.75. The van der Waals surface area contributed by atoms with Crippen molar-refractivity contribution in [2.24, 2.45) is 0 Å². The van der Waals surface area contributed by atoms with Crippen LogP contribution in [0.5, 0.6) is 0 Å². The number of hydrogen-bond donors (Lipinski definition) is 0. The van der Waals surface area contributed by atoms with E-state index >= 15 is 0 Å². The van der Waals surface area contributed by atoms with Gasteiger partial charge in [0.05, 0.1) is 0 Å². The Kier molecular flexibility index (Phi) is 16.8. The molecule has 1 fully saturated rings. The minimum atomic E-state index is -1.61. The molecule has 0 radical (unpaired) electrons. The summed E-state index contributed by atoms with van der Waals surface area (Å²) in [6.07, 6.45) is 5.23. The Balaban J connectivity index is 0.000000204. The van der Waals surface area contributed by atoms with Crippen molar-refractivity contribution in [1.82, 2.24) is 9.97 Å². The molecule has 1 aliphatic rings. The van der Waals surface area contributed by atoms with Crippen molar-refractivity contribution in [2.45, 2.75) is 41.5 Å². The van der Waals surface area contributed by atoms with E-state index < -0.39 is 13.5 Å². The van der Waals surface area contributed by atoms with E-state index in [0.717, 1.165) is 27.7 Å². The van der Waals surface area contributed by atoms with E-state index in [1.807, 2.05) is 65.3 Å². The zero-order valence-electron chi connectivity index (χ0n) is 27.5. The first-order valence-electron chi connectivity index (χ1n) is 15.0. The zero-order chi connectivity index (χ0) is 34.3. The van der Waals surface area contributed by atoms with Crippen molar-refractivity contribution in [3.63, 3.8) is 0 Å². The summed E-state index contributed by atoms with van der Waals surface area (Å²) in [4.78, 5) is 12.5. The van der Waals surface area contributed by atoms with Crippen LogP contribution in [0.15, 0.2) is 113 Å². The Bertz CT molecular complexity index is 1570. The molecule has 0 amide bonds. The second kappa shape index (κ2) is 20.2. The van der Waals surface area contributed by atoms with Gasteiger partial charge in [0.15, 0.2) is 0 Å². The van der Waals surface area contributed by atoms with Gasteiger partial charge in [-0.2, -0.15) is 6.67 Å². The molecule has 0 aliphatic carbocycles. The molecule has 47 heavy (non-hydrogen) atoms. The molecule has 4 nitrogen and oxygen atoms in total. The van der Waals surface area contributed by atoms with Crippen LogP contribution in [-0.4, -0.2) is 27.7 Å². The van der Waals surface area contributed by atoms with Crippen molar-refractivity contribution in [2.75, 3.05) is 22.9 Å². The summed E-state index contributed by atoms with van der Waals surface area (Å²) in [5.41, 5.74) is 12.0. The first-order valence-corrected chi connectivity index (χ1v) is 22.1. The van der Waals surface area contributed by atoms with Crippen LogP contribution in [0.25, 0.3) is 0 Å². The molecule has 5 aromatic rings. The number of nitrogens with zero attached hydrogens (tertiary/aromatic N) is 4. The molecule has 0 N–H and O–H groups in total. The van der Waals surface area contributed by atoms with Gasteiger partial charge in [-0.3, -0.25) is 4.98 Å². The van der Waals surface area contributed by atoms with Gasteiger partial charge in [0.25, 0.3) is 0 Å². The number of rotatable bonds is 3. The molecule has 1 aliphatic heterocycles. The van der Waals surface area contributed by atoms with Gasteiger partial charge in [-0.1, -0.05) is 41.5 Å². The van der Waals surface area contributed by atoms with Gasteiger partial charge in [-0.15, -0.1) is 0 Å². The van der Waals surface area contributed by atoms with Crippen molar-refractivity contribution >= 4 is 67.2 Å². The molecule has 1 saturated heterocycles. The SMILES string of the molecule is Brc1ccccn1.Brc1cccnc1.Cc1cc(C)c(N2[CH-]N(c3c(C)cc(C)cc3C)CC2)c(C)c1.[Cl][Ru]([Cl])=[CH]c1ccccc1. The summed E-state index contributed by atoms with van der Waals surface area (Å²) in [7, 11) is 11.3. The third-order valence-corrected chi connectivity index (χ3v) is 9.76. The molecule has 0 bridgehead atoms. The average molecular weight is 886 g/mol. The Morgan fingerprint density at radius 3 is 1.53 bits per heavy atom. The molecule has 9 heteroatoms. The third kappa shape index (κ3) is 13.6. The number of pyridine rings is 2. The number of aromatic nitrogens is 2. The number of halogens is 4. The van der Waals surface area contributed by atoms with Crippen molar-refractivity contribution < 1.29 is 13.5 Å². The number of aryl methyl sites for hydroxylation is 6. The molecule has 250 valence electrons. The Morgan fingerprint density at radius 2 is 1.19 bits per heavy atom. The van der Waals surface area contributed by atoms with Gasteiger partial charge < -0.3 is 9.80 Å². The quantitative estimate of drug-likeness (QED) is 0.103. The molecule has 6 rings (SSSR count). The molecular weight excluding hydrogens is 844 g/mol. The fraction of sp³-hybridized carbons (Fsp3) is 0.211. The molecule has 3 heterocycles. The topological polar surface area (TPSA) is 32.3 Å². The molecular formula is C38H41Br2Cl2N4Ru-. The van der Waals surface area contributed by atoms with Crippen molar-refractivity contribution in [1.29, 1.82) is 0 Å².